The number of benzene rings is 1. The molecule has 0 aromatic heterocycles. The number of piperidine rings is 1. The summed E-state index contributed by atoms with van der Waals surface area (Å²) in [6, 6.07) is 6.30. The van der Waals surface area contributed by atoms with Crippen LogP contribution in [-0.2, 0) is 0 Å². The van der Waals surface area contributed by atoms with Crippen molar-refractivity contribution >= 4 is 31.9 Å². The van der Waals surface area contributed by atoms with Crippen LogP contribution in [0.3, 0.4) is 0 Å². The molecule has 0 amide bonds. The van der Waals surface area contributed by atoms with Gasteiger partial charge in [-0.3, -0.25) is 0 Å². The maximum absolute atomic E-state index is 3.62. The van der Waals surface area contributed by atoms with Crippen LogP contribution in [0.2, 0.25) is 0 Å². The van der Waals surface area contributed by atoms with Crippen molar-refractivity contribution in [2.75, 3.05) is 13.1 Å². The lowest BCUT2D eigenvalue weighted by Crippen LogP contribution is -2.28. The van der Waals surface area contributed by atoms with Crippen LogP contribution in [-0.4, -0.2) is 13.1 Å². The number of hydrogen-bond acceptors (Lipinski definition) is 1. The molecular weight excluding hydrogens is 306 g/mol. The third-order valence-corrected chi connectivity index (χ3v) is 4.09. The van der Waals surface area contributed by atoms with E-state index in [1.54, 1.807) is 0 Å². The largest absolute Gasteiger partial charge is 0.316 e. The van der Waals surface area contributed by atoms with E-state index in [2.05, 4.69) is 55.4 Å². The van der Waals surface area contributed by atoms with E-state index in [0.717, 1.165) is 6.54 Å². The molecule has 3 heteroatoms. The quantitative estimate of drug-likeness (QED) is 0.833. The minimum absolute atomic E-state index is 0.647. The molecule has 1 fully saturated rings. The Morgan fingerprint density at radius 3 is 2.50 bits per heavy atom. The maximum Gasteiger partial charge on any atom is 0.0221 e. The standard InChI is InChI=1S/C11H13Br2N/c12-9-4-1-5-10(13)11(9)8-3-2-6-14-7-8/h1,4-5,8,14H,2-3,6-7H2/t8-/m1/s1. The molecule has 76 valence electrons. The summed E-state index contributed by atoms with van der Waals surface area (Å²) in [6.45, 7) is 2.26. The monoisotopic (exact) mass is 317 g/mol. The van der Waals surface area contributed by atoms with Gasteiger partial charge in [-0.1, -0.05) is 37.9 Å². The highest BCUT2D eigenvalue weighted by atomic mass is 79.9. The minimum Gasteiger partial charge on any atom is -0.316 e. The predicted octanol–water partition coefficient (Wildman–Crippen LogP) is 3.68. The summed E-state index contributed by atoms with van der Waals surface area (Å²) >= 11 is 7.25. The fourth-order valence-corrected chi connectivity index (χ4v) is 3.64. The van der Waals surface area contributed by atoms with Gasteiger partial charge in [0.15, 0.2) is 0 Å². The van der Waals surface area contributed by atoms with Crippen molar-refractivity contribution in [2.45, 2.75) is 18.8 Å². The molecule has 1 aromatic rings. The van der Waals surface area contributed by atoms with Gasteiger partial charge < -0.3 is 5.32 Å². The Morgan fingerprint density at radius 1 is 1.21 bits per heavy atom. The van der Waals surface area contributed by atoms with Gasteiger partial charge in [0.25, 0.3) is 0 Å². The SMILES string of the molecule is Brc1cccc(Br)c1[C@@H]1CCCNC1. The summed E-state index contributed by atoms with van der Waals surface area (Å²) in [4.78, 5) is 0. The van der Waals surface area contributed by atoms with Crippen molar-refractivity contribution in [3.63, 3.8) is 0 Å². The molecular formula is C11H13Br2N. The van der Waals surface area contributed by atoms with Gasteiger partial charge in [-0.2, -0.15) is 0 Å². The average molecular weight is 319 g/mol. The molecule has 0 saturated carbocycles. The van der Waals surface area contributed by atoms with Crippen LogP contribution in [0, 0.1) is 0 Å². The molecule has 0 bridgehead atoms. The lowest BCUT2D eigenvalue weighted by Gasteiger charge is -2.25. The van der Waals surface area contributed by atoms with Crippen molar-refractivity contribution in [3.05, 3.63) is 32.7 Å². The molecule has 1 heterocycles. The zero-order chi connectivity index (χ0) is 9.97. The van der Waals surface area contributed by atoms with Crippen molar-refractivity contribution in [1.29, 1.82) is 0 Å². The molecule has 1 aliphatic rings. The fraction of sp³-hybridized carbons (Fsp3) is 0.455. The molecule has 1 atom stereocenters. The zero-order valence-electron chi connectivity index (χ0n) is 7.89. The first-order chi connectivity index (χ1) is 6.79. The average Bonchev–Trinajstić information content (AvgIpc) is 2.19. The van der Waals surface area contributed by atoms with Gasteiger partial charge >= 0.3 is 0 Å². The van der Waals surface area contributed by atoms with Crippen molar-refractivity contribution < 1.29 is 0 Å². The Morgan fingerprint density at radius 2 is 1.93 bits per heavy atom. The van der Waals surface area contributed by atoms with Crippen LogP contribution in [0.4, 0.5) is 0 Å². The van der Waals surface area contributed by atoms with E-state index >= 15 is 0 Å². The van der Waals surface area contributed by atoms with Gasteiger partial charge in [-0.15, -0.1) is 0 Å². The molecule has 0 aliphatic carbocycles. The van der Waals surface area contributed by atoms with Gasteiger partial charge in [-0.05, 0) is 43.0 Å². The minimum atomic E-state index is 0.647. The van der Waals surface area contributed by atoms with E-state index in [1.165, 1.54) is 33.9 Å². The third-order valence-electron chi connectivity index (χ3n) is 2.70. The Kier molecular flexibility index (Phi) is 3.63. The topological polar surface area (TPSA) is 12.0 Å². The Labute approximate surface area is 102 Å². The summed E-state index contributed by atoms with van der Waals surface area (Å²) in [5.74, 6) is 0.647. The van der Waals surface area contributed by atoms with E-state index in [9.17, 15) is 0 Å². The smallest absolute Gasteiger partial charge is 0.0221 e. The Bertz CT molecular complexity index is 299. The van der Waals surface area contributed by atoms with Crippen molar-refractivity contribution in [3.8, 4) is 0 Å². The van der Waals surface area contributed by atoms with Gasteiger partial charge in [0, 0.05) is 15.5 Å². The first-order valence-corrected chi connectivity index (χ1v) is 6.52. The first kappa shape index (κ1) is 10.7. The lowest BCUT2D eigenvalue weighted by atomic mass is 9.92. The number of halogens is 2. The molecule has 1 aromatic carbocycles. The summed E-state index contributed by atoms with van der Waals surface area (Å²) in [5.41, 5.74) is 1.42. The molecule has 1 N–H and O–H groups in total. The second kappa shape index (κ2) is 4.77. The second-order valence-corrected chi connectivity index (χ2v) is 5.39. The van der Waals surface area contributed by atoms with Crippen LogP contribution < -0.4 is 5.32 Å². The Balaban J connectivity index is 2.29. The van der Waals surface area contributed by atoms with E-state index in [1.807, 2.05) is 0 Å². The molecule has 1 aliphatic heterocycles. The Hall–Kier alpha value is 0.140. The number of nitrogens with one attached hydrogen (secondary N) is 1. The molecule has 2 rings (SSSR count). The number of rotatable bonds is 1. The highest BCUT2D eigenvalue weighted by molar-refractivity contribution is 9.11. The normalized spacial score (nSPS) is 22.3. The van der Waals surface area contributed by atoms with Gasteiger partial charge in [0.1, 0.15) is 0 Å². The van der Waals surface area contributed by atoms with E-state index in [-0.39, 0.29) is 0 Å². The highest BCUT2D eigenvalue weighted by Crippen LogP contribution is 2.35. The van der Waals surface area contributed by atoms with Gasteiger partial charge in [-0.25, -0.2) is 0 Å². The van der Waals surface area contributed by atoms with E-state index in [4.69, 9.17) is 0 Å². The molecule has 0 unspecified atom stereocenters. The molecule has 0 spiro atoms. The lowest BCUT2D eigenvalue weighted by molar-refractivity contribution is 0.459. The molecule has 0 radical (unpaired) electrons. The van der Waals surface area contributed by atoms with E-state index in [0.29, 0.717) is 5.92 Å². The van der Waals surface area contributed by atoms with Crippen LogP contribution >= 0.6 is 31.9 Å². The van der Waals surface area contributed by atoms with Crippen molar-refractivity contribution in [1.82, 2.24) is 5.32 Å². The van der Waals surface area contributed by atoms with E-state index < -0.39 is 0 Å². The summed E-state index contributed by atoms with van der Waals surface area (Å²) in [6.07, 6.45) is 2.56. The first-order valence-electron chi connectivity index (χ1n) is 4.93. The van der Waals surface area contributed by atoms with Gasteiger partial charge in [0.05, 0.1) is 0 Å². The predicted molar refractivity (Wildman–Crippen MR) is 66.7 cm³/mol. The highest BCUT2D eigenvalue weighted by Gasteiger charge is 2.19. The van der Waals surface area contributed by atoms with Crippen LogP contribution in [0.5, 0.6) is 0 Å². The van der Waals surface area contributed by atoms with Crippen LogP contribution in [0.25, 0.3) is 0 Å². The molecule has 1 saturated heterocycles. The number of hydrogen-bond donors (Lipinski definition) is 1. The second-order valence-electron chi connectivity index (χ2n) is 3.68. The maximum atomic E-state index is 3.62. The van der Waals surface area contributed by atoms with Crippen LogP contribution in [0.15, 0.2) is 27.1 Å². The fourth-order valence-electron chi connectivity index (χ4n) is 2.00. The molecule has 14 heavy (non-hydrogen) atoms. The zero-order valence-corrected chi connectivity index (χ0v) is 11.1. The molecule has 1 nitrogen and oxygen atoms in total. The third kappa shape index (κ3) is 2.20. The van der Waals surface area contributed by atoms with Crippen molar-refractivity contribution in [2.24, 2.45) is 0 Å². The summed E-state index contributed by atoms with van der Waals surface area (Å²) in [5, 5.41) is 3.45. The summed E-state index contributed by atoms with van der Waals surface area (Å²) < 4.78 is 2.45. The summed E-state index contributed by atoms with van der Waals surface area (Å²) in [7, 11) is 0. The van der Waals surface area contributed by atoms with Gasteiger partial charge in [0.2, 0.25) is 0 Å². The van der Waals surface area contributed by atoms with Crippen LogP contribution in [0.1, 0.15) is 24.3 Å².